The van der Waals surface area contributed by atoms with Gasteiger partial charge >= 0.3 is 0 Å². The summed E-state index contributed by atoms with van der Waals surface area (Å²) in [6, 6.07) is 0. The first-order valence-corrected chi connectivity index (χ1v) is 5.92. The first-order valence-electron chi connectivity index (χ1n) is 5.92. The lowest BCUT2D eigenvalue weighted by molar-refractivity contribution is 0.407. The van der Waals surface area contributed by atoms with Crippen LogP contribution in [-0.2, 0) is 0 Å². The molecule has 0 amide bonds. The fourth-order valence-electron chi connectivity index (χ4n) is 1.83. The lowest BCUT2D eigenvalue weighted by atomic mass is 10.2. The number of hydrogen-bond donors (Lipinski definition) is 3. The third kappa shape index (κ3) is 2.04. The van der Waals surface area contributed by atoms with Gasteiger partial charge in [-0.1, -0.05) is 0 Å². The van der Waals surface area contributed by atoms with E-state index in [0.717, 1.165) is 0 Å². The summed E-state index contributed by atoms with van der Waals surface area (Å²) < 4.78 is 4.77. The summed E-state index contributed by atoms with van der Waals surface area (Å²) in [7, 11) is 1.32. The molecule has 0 unspecified atom stereocenters. The maximum atomic E-state index is 11.2. The highest BCUT2D eigenvalue weighted by atomic mass is 16.5. The number of methoxy groups -OCH3 is 1. The van der Waals surface area contributed by atoms with E-state index in [-0.39, 0.29) is 22.8 Å². The minimum absolute atomic E-state index is 0.0367. The van der Waals surface area contributed by atoms with Crippen LogP contribution in [0.4, 0.5) is 17.1 Å². The molecular formula is C12H13N3O5. The number of hydrogen-bond acceptors (Lipinski definition) is 8. The highest BCUT2D eigenvalue weighted by Gasteiger charge is 2.21. The monoisotopic (exact) mass is 279 g/mol. The average Bonchev–Trinajstić information content (AvgIpc) is 2.47. The van der Waals surface area contributed by atoms with Crippen molar-refractivity contribution in [3.05, 3.63) is 40.9 Å². The van der Waals surface area contributed by atoms with Gasteiger partial charge in [0.1, 0.15) is 17.1 Å². The zero-order valence-electron chi connectivity index (χ0n) is 10.7. The minimum Gasteiger partial charge on any atom is -0.491 e. The van der Waals surface area contributed by atoms with Crippen LogP contribution in [-0.4, -0.2) is 20.2 Å². The van der Waals surface area contributed by atoms with Crippen LogP contribution >= 0.6 is 0 Å². The predicted molar refractivity (Wildman–Crippen MR) is 75.3 cm³/mol. The largest absolute Gasteiger partial charge is 0.491 e. The van der Waals surface area contributed by atoms with Crippen LogP contribution < -0.4 is 42.8 Å². The van der Waals surface area contributed by atoms with Gasteiger partial charge in [-0.2, -0.15) is 0 Å². The fourth-order valence-corrected chi connectivity index (χ4v) is 1.83. The normalized spacial score (nSPS) is 10.8. The topological polar surface area (TPSA) is 128 Å². The molecule has 8 nitrogen and oxygen atoms in total. The summed E-state index contributed by atoms with van der Waals surface area (Å²) in [6.07, 6.45) is 0.556. The second-order valence-corrected chi connectivity index (χ2v) is 4.22. The van der Waals surface area contributed by atoms with Gasteiger partial charge in [-0.05, 0) is 6.42 Å². The molecule has 0 saturated heterocycles. The van der Waals surface area contributed by atoms with Crippen molar-refractivity contribution in [1.82, 2.24) is 0 Å². The Balaban J connectivity index is 1.77. The van der Waals surface area contributed by atoms with Gasteiger partial charge in [0.2, 0.25) is 0 Å². The van der Waals surface area contributed by atoms with Gasteiger partial charge in [0.15, 0.2) is 5.75 Å². The van der Waals surface area contributed by atoms with Crippen molar-refractivity contribution >= 4 is 17.1 Å². The maximum Gasteiger partial charge on any atom is 0.271 e. The van der Waals surface area contributed by atoms with E-state index in [1.54, 1.807) is 0 Å². The molecule has 0 bridgehead atoms. The Morgan fingerprint density at radius 1 is 0.900 bits per heavy atom. The van der Waals surface area contributed by atoms with E-state index in [1.807, 2.05) is 0 Å². The molecule has 20 heavy (non-hydrogen) atoms. The Bertz CT molecular complexity index is 778. The van der Waals surface area contributed by atoms with Crippen LogP contribution in [0, 0.1) is 0 Å². The second-order valence-electron chi connectivity index (χ2n) is 4.22. The molecule has 0 radical (unpaired) electrons. The fraction of sp³-hybridized carbons (Fsp3) is 0.333. The maximum absolute atomic E-state index is 11.2. The zero-order chi connectivity index (χ0) is 14.9. The van der Waals surface area contributed by atoms with E-state index in [0.29, 0.717) is 19.5 Å². The Labute approximate surface area is 112 Å². The lowest BCUT2D eigenvalue weighted by Crippen LogP contribution is -2.37. The van der Waals surface area contributed by atoms with Crippen molar-refractivity contribution in [2.75, 3.05) is 36.6 Å². The van der Waals surface area contributed by atoms with Crippen LogP contribution in [0.1, 0.15) is 6.42 Å². The molecule has 2 aromatic rings. The van der Waals surface area contributed by atoms with E-state index in [2.05, 4.69) is 10.6 Å². The standard InChI is InChI=1S/C12H13N3O5/c1-20-12-7(10(18)11(12)19)15-4-2-3-14-6-5(13)8(16)9(6)17/h14-15H,2-4,13H2,1H3. The van der Waals surface area contributed by atoms with E-state index in [4.69, 9.17) is 10.5 Å². The Kier molecular flexibility index (Phi) is 3.55. The van der Waals surface area contributed by atoms with Crippen LogP contribution in [0.25, 0.3) is 0 Å². The molecule has 0 aliphatic carbocycles. The lowest BCUT2D eigenvalue weighted by Gasteiger charge is -2.12. The molecule has 2 aromatic carbocycles. The Morgan fingerprint density at radius 3 is 2.00 bits per heavy atom. The molecule has 0 spiro atoms. The molecule has 8 heteroatoms. The van der Waals surface area contributed by atoms with E-state index < -0.39 is 21.7 Å². The minimum atomic E-state index is -0.668. The smallest absolute Gasteiger partial charge is 0.271 e. The van der Waals surface area contributed by atoms with Gasteiger partial charge < -0.3 is 21.1 Å². The first-order chi connectivity index (χ1) is 9.49. The summed E-state index contributed by atoms with van der Waals surface area (Å²) in [4.78, 5) is 44.2. The van der Waals surface area contributed by atoms with Crippen molar-refractivity contribution in [3.63, 3.8) is 0 Å². The molecule has 2 rings (SSSR count). The molecule has 4 N–H and O–H groups in total. The van der Waals surface area contributed by atoms with Crippen LogP contribution in [0.3, 0.4) is 0 Å². The number of nitrogen functional groups attached to an aromatic ring is 1. The molecular weight excluding hydrogens is 266 g/mol. The summed E-state index contributed by atoms with van der Waals surface area (Å²) in [5.74, 6) is 0.0367. The van der Waals surface area contributed by atoms with Crippen LogP contribution in [0.2, 0.25) is 0 Å². The SMILES string of the molecule is COc1c(NCCCNc2c(N)c(=O)c2=O)c(=O)c1=O. The molecule has 0 heterocycles. The number of anilines is 3. The van der Waals surface area contributed by atoms with Crippen LogP contribution in [0.15, 0.2) is 19.2 Å². The molecule has 0 atom stereocenters. The van der Waals surface area contributed by atoms with Gasteiger partial charge in [-0.15, -0.1) is 0 Å². The molecule has 0 fully saturated rings. The first kappa shape index (κ1) is 13.8. The molecule has 0 saturated carbocycles. The molecule has 0 aliphatic heterocycles. The van der Waals surface area contributed by atoms with Crippen molar-refractivity contribution in [3.8, 4) is 5.75 Å². The van der Waals surface area contributed by atoms with Gasteiger partial charge in [0.25, 0.3) is 21.7 Å². The second kappa shape index (κ2) is 5.16. The van der Waals surface area contributed by atoms with Gasteiger partial charge in [0, 0.05) is 13.1 Å². The van der Waals surface area contributed by atoms with Crippen molar-refractivity contribution < 1.29 is 4.74 Å². The number of nitrogens with one attached hydrogen (secondary N) is 2. The zero-order valence-corrected chi connectivity index (χ0v) is 10.7. The Morgan fingerprint density at radius 2 is 1.45 bits per heavy atom. The summed E-state index contributed by atoms with van der Waals surface area (Å²) in [5.41, 5.74) is 3.10. The highest BCUT2D eigenvalue weighted by molar-refractivity contribution is 5.71. The average molecular weight is 279 g/mol. The molecule has 106 valence electrons. The number of rotatable bonds is 7. The van der Waals surface area contributed by atoms with Crippen LogP contribution in [0.5, 0.6) is 5.75 Å². The summed E-state index contributed by atoms with van der Waals surface area (Å²) >= 11 is 0. The molecule has 0 aliphatic rings. The third-order valence-electron chi connectivity index (χ3n) is 2.98. The van der Waals surface area contributed by atoms with E-state index in [9.17, 15) is 19.2 Å². The van der Waals surface area contributed by atoms with Crippen molar-refractivity contribution in [2.24, 2.45) is 0 Å². The third-order valence-corrected chi connectivity index (χ3v) is 2.98. The van der Waals surface area contributed by atoms with Gasteiger partial charge in [0.05, 0.1) is 7.11 Å². The van der Waals surface area contributed by atoms with E-state index >= 15 is 0 Å². The van der Waals surface area contributed by atoms with Gasteiger partial charge in [-0.25, -0.2) is 0 Å². The molecule has 0 aromatic heterocycles. The Hall–Kier alpha value is -2.64. The summed E-state index contributed by atoms with van der Waals surface area (Å²) in [6.45, 7) is 0.809. The van der Waals surface area contributed by atoms with Crippen molar-refractivity contribution in [1.29, 1.82) is 0 Å². The summed E-state index contributed by atoms with van der Waals surface area (Å²) in [5, 5.41) is 5.54. The highest BCUT2D eigenvalue weighted by Crippen LogP contribution is 2.16. The van der Waals surface area contributed by atoms with E-state index in [1.165, 1.54) is 7.11 Å². The quantitative estimate of drug-likeness (QED) is 0.408. The van der Waals surface area contributed by atoms with Crippen molar-refractivity contribution in [2.45, 2.75) is 6.42 Å². The number of nitrogens with two attached hydrogens (primary N) is 1. The predicted octanol–water partition coefficient (Wildman–Crippen LogP) is -1.62. The van der Waals surface area contributed by atoms with Gasteiger partial charge in [-0.3, -0.25) is 19.2 Å². The number of ether oxygens (including phenoxy) is 1.